The van der Waals surface area contributed by atoms with Crippen molar-refractivity contribution in [2.75, 3.05) is 0 Å². The number of carbonyl (C=O) groups is 1. The summed E-state index contributed by atoms with van der Waals surface area (Å²) < 4.78 is 5.83. The summed E-state index contributed by atoms with van der Waals surface area (Å²) in [7, 11) is -1.01. The zero-order chi connectivity index (χ0) is 14.4. The lowest BCUT2D eigenvalue weighted by molar-refractivity contribution is -0.0870. The summed E-state index contributed by atoms with van der Waals surface area (Å²) in [5.41, 5.74) is 1.45. The molecule has 0 aromatic heterocycles. The number of hydroxylamine groups is 2. The number of nitrogens with zero attached hydrogens (tertiary/aromatic N) is 1. The van der Waals surface area contributed by atoms with Crippen LogP contribution >= 0.6 is 11.6 Å². The van der Waals surface area contributed by atoms with Crippen molar-refractivity contribution < 1.29 is 9.32 Å². The third-order valence-corrected chi connectivity index (χ3v) is 3.97. The van der Waals surface area contributed by atoms with Crippen LogP contribution in [0.2, 0.25) is 18.1 Å². The van der Waals surface area contributed by atoms with E-state index >= 15 is 0 Å². The molecule has 0 saturated heterocycles. The molecule has 0 N–H and O–H groups in total. The second-order valence-corrected chi connectivity index (χ2v) is 8.51. The maximum absolute atomic E-state index is 12.5. The van der Waals surface area contributed by atoms with Gasteiger partial charge in [0.1, 0.15) is 0 Å². The summed E-state index contributed by atoms with van der Waals surface area (Å²) in [6.07, 6.45) is 0. The number of hydrogen-bond acceptors (Lipinski definition) is 2. The van der Waals surface area contributed by atoms with Gasteiger partial charge in [-0.05, 0) is 30.1 Å². The minimum Gasteiger partial charge on any atom is -0.317 e. The van der Waals surface area contributed by atoms with Crippen molar-refractivity contribution >= 4 is 26.5 Å². The van der Waals surface area contributed by atoms with E-state index in [4.69, 9.17) is 16.1 Å². The first kappa shape index (κ1) is 14.6. The van der Waals surface area contributed by atoms with E-state index in [1.165, 1.54) is 5.06 Å². The molecule has 1 aromatic carbocycles. The van der Waals surface area contributed by atoms with E-state index < -0.39 is 9.04 Å². The predicted molar refractivity (Wildman–Crippen MR) is 78.4 cm³/mol. The molecule has 1 amide bonds. The normalized spacial score (nSPS) is 19.2. The molecule has 0 saturated carbocycles. The van der Waals surface area contributed by atoms with E-state index in [0.717, 1.165) is 5.56 Å². The molecule has 1 unspecified atom stereocenters. The van der Waals surface area contributed by atoms with Crippen LogP contribution in [0.25, 0.3) is 0 Å². The summed E-state index contributed by atoms with van der Waals surface area (Å²) in [6.45, 7) is 10.4. The molecule has 1 radical (unpaired) electrons. The van der Waals surface area contributed by atoms with E-state index in [-0.39, 0.29) is 17.4 Å². The van der Waals surface area contributed by atoms with Gasteiger partial charge in [-0.15, -0.1) is 0 Å². The van der Waals surface area contributed by atoms with Crippen LogP contribution in [0, 0.1) is 5.41 Å². The van der Waals surface area contributed by atoms with Crippen LogP contribution < -0.4 is 0 Å². The van der Waals surface area contributed by atoms with Crippen LogP contribution in [0.5, 0.6) is 0 Å². The highest BCUT2D eigenvalue weighted by molar-refractivity contribution is 6.48. The smallest absolute Gasteiger partial charge is 0.278 e. The molecular weight excluding hydrogens is 278 g/mol. The van der Waals surface area contributed by atoms with Gasteiger partial charge in [-0.3, -0.25) is 4.79 Å². The van der Waals surface area contributed by atoms with E-state index in [9.17, 15) is 4.79 Å². The number of hydrogen-bond donors (Lipinski definition) is 0. The second kappa shape index (κ2) is 4.92. The molecule has 2 rings (SSSR count). The van der Waals surface area contributed by atoms with Crippen LogP contribution in [0.1, 0.15) is 42.7 Å². The van der Waals surface area contributed by atoms with Gasteiger partial charge in [-0.25, -0.2) is 5.06 Å². The van der Waals surface area contributed by atoms with Gasteiger partial charge in [0.2, 0.25) is 9.04 Å². The Morgan fingerprint density at radius 3 is 2.47 bits per heavy atom. The summed E-state index contributed by atoms with van der Waals surface area (Å²) in [6, 6.07) is 5.52. The Hall–Kier alpha value is -0.843. The minimum absolute atomic E-state index is 0.0893. The fourth-order valence-corrected chi connectivity index (χ4v) is 3.30. The zero-order valence-electron chi connectivity index (χ0n) is 12.0. The highest BCUT2D eigenvalue weighted by atomic mass is 35.5. The molecule has 19 heavy (non-hydrogen) atoms. The quantitative estimate of drug-likeness (QED) is 0.770. The maximum atomic E-state index is 12.5. The molecule has 1 atom stereocenters. The van der Waals surface area contributed by atoms with Gasteiger partial charge in [0.05, 0.1) is 16.6 Å². The molecule has 1 heterocycles. The second-order valence-electron chi connectivity index (χ2n) is 6.10. The van der Waals surface area contributed by atoms with E-state index in [1.807, 2.05) is 25.2 Å². The molecular formula is C14H19ClNO2Si. The van der Waals surface area contributed by atoms with E-state index in [2.05, 4.69) is 20.8 Å². The van der Waals surface area contributed by atoms with Gasteiger partial charge in [0.25, 0.3) is 5.91 Å². The van der Waals surface area contributed by atoms with Crippen LogP contribution in [0.4, 0.5) is 0 Å². The fourth-order valence-electron chi connectivity index (χ4n) is 2.46. The number of rotatable bonds is 2. The molecule has 5 heteroatoms. The lowest BCUT2D eigenvalue weighted by Crippen LogP contribution is -2.38. The van der Waals surface area contributed by atoms with Crippen LogP contribution in [0.3, 0.4) is 0 Å². The summed E-state index contributed by atoms with van der Waals surface area (Å²) >= 11 is 6.19. The fraction of sp³-hybridized carbons (Fsp3) is 0.500. The molecule has 0 aliphatic carbocycles. The highest BCUT2D eigenvalue weighted by Crippen LogP contribution is 2.46. The van der Waals surface area contributed by atoms with Crippen LogP contribution in [0.15, 0.2) is 18.2 Å². The molecule has 1 aliphatic rings. The Kier molecular flexibility index (Phi) is 3.77. The average molecular weight is 297 g/mol. The predicted octanol–water partition coefficient (Wildman–Crippen LogP) is 4.07. The van der Waals surface area contributed by atoms with E-state index in [0.29, 0.717) is 10.6 Å². The number of halogens is 1. The van der Waals surface area contributed by atoms with Crippen LogP contribution in [-0.2, 0) is 4.53 Å². The average Bonchev–Trinajstić information content (AvgIpc) is 2.52. The van der Waals surface area contributed by atoms with Crippen LogP contribution in [-0.4, -0.2) is 20.0 Å². The molecule has 0 bridgehead atoms. The lowest BCUT2D eigenvalue weighted by atomic mass is 9.83. The van der Waals surface area contributed by atoms with E-state index in [1.54, 1.807) is 6.07 Å². The van der Waals surface area contributed by atoms with Gasteiger partial charge in [0, 0.05) is 0 Å². The first-order valence-corrected chi connectivity index (χ1v) is 9.12. The third kappa shape index (κ3) is 2.57. The Bertz CT molecular complexity index is 511. The maximum Gasteiger partial charge on any atom is 0.278 e. The van der Waals surface area contributed by atoms with Crippen molar-refractivity contribution in [3.05, 3.63) is 34.3 Å². The minimum atomic E-state index is -1.01. The first-order chi connectivity index (χ1) is 8.73. The van der Waals surface area contributed by atoms with Gasteiger partial charge in [-0.2, -0.15) is 0 Å². The molecule has 3 nitrogen and oxygen atoms in total. The topological polar surface area (TPSA) is 29.5 Å². The molecule has 1 aliphatic heterocycles. The Balaban J connectivity index is 2.55. The lowest BCUT2D eigenvalue weighted by Gasteiger charge is -2.35. The van der Waals surface area contributed by atoms with Crippen molar-refractivity contribution in [2.45, 2.75) is 39.9 Å². The van der Waals surface area contributed by atoms with Gasteiger partial charge < -0.3 is 4.53 Å². The van der Waals surface area contributed by atoms with Crippen molar-refractivity contribution in [2.24, 2.45) is 5.41 Å². The van der Waals surface area contributed by atoms with Crippen molar-refractivity contribution in [1.29, 1.82) is 0 Å². The number of fused-ring (bicyclic) bond motifs is 1. The molecule has 0 spiro atoms. The standard InChI is InChI=1S/C14H19ClNO2Si/c1-14(2,3)12-9-7-6-8-10(15)11(9)13(17)16(12)18-19(4)5/h6-8,12H,1-5H3. The Morgan fingerprint density at radius 2 is 1.95 bits per heavy atom. The van der Waals surface area contributed by atoms with Gasteiger partial charge in [-0.1, -0.05) is 44.5 Å². The van der Waals surface area contributed by atoms with Crippen molar-refractivity contribution in [3.63, 3.8) is 0 Å². The number of amides is 1. The number of carbonyl (C=O) groups excluding carboxylic acids is 1. The Labute approximate surface area is 121 Å². The molecule has 103 valence electrons. The zero-order valence-corrected chi connectivity index (χ0v) is 13.7. The molecule has 1 aromatic rings. The number of benzene rings is 1. The Morgan fingerprint density at radius 1 is 1.32 bits per heavy atom. The highest BCUT2D eigenvalue weighted by Gasteiger charge is 2.45. The monoisotopic (exact) mass is 296 g/mol. The summed E-state index contributed by atoms with van der Waals surface area (Å²) in [5.74, 6) is -0.119. The first-order valence-electron chi connectivity index (χ1n) is 6.33. The van der Waals surface area contributed by atoms with Crippen molar-refractivity contribution in [3.8, 4) is 0 Å². The summed E-state index contributed by atoms with van der Waals surface area (Å²) in [4.78, 5) is 12.5. The van der Waals surface area contributed by atoms with Gasteiger partial charge >= 0.3 is 0 Å². The molecule has 0 fully saturated rings. The van der Waals surface area contributed by atoms with Crippen molar-refractivity contribution in [1.82, 2.24) is 5.06 Å². The third-order valence-electron chi connectivity index (χ3n) is 3.09. The SMILES string of the molecule is C[Si](C)ON1C(=O)c2c(Cl)cccc2C1C(C)(C)C. The largest absolute Gasteiger partial charge is 0.317 e. The summed E-state index contributed by atoms with van der Waals surface area (Å²) in [5, 5.41) is 2.04. The van der Waals surface area contributed by atoms with Gasteiger partial charge in [0.15, 0.2) is 0 Å².